The molecule has 3 aromatic rings. The van der Waals surface area contributed by atoms with Crippen LogP contribution in [0.3, 0.4) is 0 Å². The van der Waals surface area contributed by atoms with E-state index in [1.54, 1.807) is 18.6 Å². The molecule has 1 unspecified atom stereocenters. The standard InChI is InChI=1S/C18H19F3N6O/c1-26(10-18(19,20)21)17(28)11-3-2-6-27(9-11)16-14-12(8-24-25-16)7-23-15-13(14)4-5-22-15/h4-5,7-8,11H,2-3,6,9-10H2,1H3,(H,22,23). The fourth-order valence-electron chi connectivity index (χ4n) is 3.82. The molecule has 1 aliphatic heterocycles. The van der Waals surface area contributed by atoms with E-state index < -0.39 is 24.5 Å². The molecule has 7 nitrogen and oxygen atoms in total. The van der Waals surface area contributed by atoms with Crippen molar-refractivity contribution in [2.24, 2.45) is 5.92 Å². The largest absolute Gasteiger partial charge is 0.406 e. The minimum atomic E-state index is -4.41. The number of nitrogens with one attached hydrogen (secondary N) is 1. The number of hydrogen-bond acceptors (Lipinski definition) is 5. The Labute approximate surface area is 158 Å². The Bertz CT molecular complexity index is 1020. The fourth-order valence-corrected chi connectivity index (χ4v) is 3.82. The molecule has 4 rings (SSSR count). The monoisotopic (exact) mass is 392 g/mol. The predicted molar refractivity (Wildman–Crippen MR) is 97.8 cm³/mol. The van der Waals surface area contributed by atoms with Crippen LogP contribution in [0.1, 0.15) is 12.8 Å². The van der Waals surface area contributed by atoms with Gasteiger partial charge in [0.05, 0.1) is 12.1 Å². The highest BCUT2D eigenvalue weighted by Crippen LogP contribution is 2.32. The SMILES string of the molecule is CN(CC(F)(F)F)C(=O)C1CCCN(c2nncc3cnc4[nH]ccc4c23)C1. The number of H-pyrrole nitrogens is 1. The molecular formula is C18H19F3N6O. The first-order chi connectivity index (χ1) is 13.3. The zero-order valence-corrected chi connectivity index (χ0v) is 15.2. The molecule has 4 heterocycles. The number of carbonyl (C=O) groups excluding carboxylic acids is 1. The van der Waals surface area contributed by atoms with Gasteiger partial charge < -0.3 is 14.8 Å². The lowest BCUT2D eigenvalue weighted by Crippen LogP contribution is -2.46. The number of hydrogen-bond donors (Lipinski definition) is 1. The molecule has 0 aliphatic carbocycles. The van der Waals surface area contributed by atoms with Gasteiger partial charge in [0.2, 0.25) is 5.91 Å². The van der Waals surface area contributed by atoms with Gasteiger partial charge in [-0.05, 0) is 18.9 Å². The third-order valence-electron chi connectivity index (χ3n) is 5.05. The number of aromatic nitrogens is 4. The highest BCUT2D eigenvalue weighted by Gasteiger charge is 2.35. The Kier molecular flexibility index (Phi) is 4.56. The highest BCUT2D eigenvalue weighted by molar-refractivity contribution is 6.10. The quantitative estimate of drug-likeness (QED) is 0.742. The fraction of sp³-hybridized carbons (Fsp3) is 0.444. The summed E-state index contributed by atoms with van der Waals surface area (Å²) in [7, 11) is 1.20. The molecule has 10 heteroatoms. The first-order valence-corrected chi connectivity index (χ1v) is 8.97. The number of fused-ring (bicyclic) bond motifs is 3. The van der Waals surface area contributed by atoms with Crippen molar-refractivity contribution in [2.45, 2.75) is 19.0 Å². The number of aromatic amines is 1. The maximum atomic E-state index is 12.6. The second-order valence-corrected chi connectivity index (χ2v) is 7.09. The summed E-state index contributed by atoms with van der Waals surface area (Å²) in [5, 5.41) is 10.9. The van der Waals surface area contributed by atoms with Crippen molar-refractivity contribution in [3.8, 4) is 0 Å². The molecule has 1 atom stereocenters. The van der Waals surface area contributed by atoms with Crippen molar-refractivity contribution in [1.29, 1.82) is 0 Å². The maximum Gasteiger partial charge on any atom is 0.406 e. The van der Waals surface area contributed by atoms with Gasteiger partial charge in [-0.15, -0.1) is 5.10 Å². The minimum absolute atomic E-state index is 0.309. The van der Waals surface area contributed by atoms with Crippen LogP contribution in [0, 0.1) is 5.92 Å². The van der Waals surface area contributed by atoms with Crippen LogP contribution in [-0.2, 0) is 4.79 Å². The van der Waals surface area contributed by atoms with Crippen LogP contribution in [0.4, 0.5) is 19.0 Å². The maximum absolute atomic E-state index is 12.6. The Hall–Kier alpha value is -2.91. The normalized spacial score (nSPS) is 18.0. The van der Waals surface area contributed by atoms with Gasteiger partial charge in [0.15, 0.2) is 5.82 Å². The number of anilines is 1. The summed E-state index contributed by atoms with van der Waals surface area (Å²) < 4.78 is 37.9. The number of alkyl halides is 3. The van der Waals surface area contributed by atoms with E-state index in [2.05, 4.69) is 20.2 Å². The van der Waals surface area contributed by atoms with Crippen LogP contribution in [-0.4, -0.2) is 63.8 Å². The summed E-state index contributed by atoms with van der Waals surface area (Å²) in [5.41, 5.74) is 0.719. The van der Waals surface area contributed by atoms with Crippen LogP contribution >= 0.6 is 0 Å². The third-order valence-corrected chi connectivity index (χ3v) is 5.05. The van der Waals surface area contributed by atoms with E-state index in [0.717, 1.165) is 26.7 Å². The topological polar surface area (TPSA) is 78.0 Å². The molecule has 0 radical (unpaired) electrons. The van der Waals surface area contributed by atoms with Crippen molar-refractivity contribution in [3.05, 3.63) is 24.7 Å². The van der Waals surface area contributed by atoms with Gasteiger partial charge in [0, 0.05) is 48.7 Å². The average Bonchev–Trinajstić information content (AvgIpc) is 3.14. The van der Waals surface area contributed by atoms with Crippen molar-refractivity contribution < 1.29 is 18.0 Å². The van der Waals surface area contributed by atoms with Gasteiger partial charge in [-0.3, -0.25) is 4.79 Å². The summed E-state index contributed by atoms with van der Waals surface area (Å²) in [6.07, 6.45) is 1.95. The molecular weight excluding hydrogens is 373 g/mol. The van der Waals surface area contributed by atoms with Crippen LogP contribution < -0.4 is 4.90 Å². The first kappa shape index (κ1) is 18.5. The van der Waals surface area contributed by atoms with Gasteiger partial charge in [0.1, 0.15) is 12.2 Å². The Balaban J connectivity index is 1.63. The number of pyridine rings is 1. The highest BCUT2D eigenvalue weighted by atomic mass is 19.4. The van der Waals surface area contributed by atoms with E-state index in [-0.39, 0.29) is 0 Å². The van der Waals surface area contributed by atoms with E-state index >= 15 is 0 Å². The van der Waals surface area contributed by atoms with Gasteiger partial charge in [-0.1, -0.05) is 0 Å². The molecule has 1 aliphatic rings. The van der Waals surface area contributed by atoms with E-state index in [4.69, 9.17) is 0 Å². The molecule has 0 saturated carbocycles. The molecule has 0 bridgehead atoms. The number of nitrogens with zero attached hydrogens (tertiary/aromatic N) is 5. The zero-order valence-electron chi connectivity index (χ0n) is 15.2. The zero-order chi connectivity index (χ0) is 19.9. The van der Waals surface area contributed by atoms with Crippen molar-refractivity contribution in [2.75, 3.05) is 31.6 Å². The number of carbonyl (C=O) groups is 1. The number of halogens is 3. The van der Waals surface area contributed by atoms with Gasteiger partial charge in [-0.2, -0.15) is 18.3 Å². The lowest BCUT2D eigenvalue weighted by molar-refractivity contribution is -0.161. The number of piperidine rings is 1. The Morgan fingerprint density at radius 1 is 1.39 bits per heavy atom. The molecule has 148 valence electrons. The average molecular weight is 392 g/mol. The van der Waals surface area contributed by atoms with Gasteiger partial charge in [-0.25, -0.2) is 4.98 Å². The van der Waals surface area contributed by atoms with Crippen molar-refractivity contribution in [1.82, 2.24) is 25.1 Å². The Morgan fingerprint density at radius 2 is 2.21 bits per heavy atom. The summed E-state index contributed by atoms with van der Waals surface area (Å²) in [4.78, 5) is 22.6. The first-order valence-electron chi connectivity index (χ1n) is 8.97. The molecule has 0 aromatic carbocycles. The lowest BCUT2D eigenvalue weighted by atomic mass is 9.96. The molecule has 1 N–H and O–H groups in total. The van der Waals surface area contributed by atoms with E-state index in [9.17, 15) is 18.0 Å². The number of amides is 1. The summed E-state index contributed by atoms with van der Waals surface area (Å²) in [5.74, 6) is -0.383. The van der Waals surface area contributed by atoms with Crippen molar-refractivity contribution >= 4 is 33.5 Å². The van der Waals surface area contributed by atoms with Crippen LogP contribution in [0.2, 0.25) is 0 Å². The molecule has 3 aromatic heterocycles. The molecule has 1 amide bonds. The van der Waals surface area contributed by atoms with E-state index in [0.29, 0.717) is 31.7 Å². The summed E-state index contributed by atoms with van der Waals surface area (Å²) in [6, 6.07) is 1.90. The lowest BCUT2D eigenvalue weighted by Gasteiger charge is -2.35. The second-order valence-electron chi connectivity index (χ2n) is 7.09. The predicted octanol–water partition coefficient (Wildman–Crippen LogP) is 2.74. The minimum Gasteiger partial charge on any atom is -0.354 e. The second kappa shape index (κ2) is 6.92. The number of rotatable bonds is 3. The molecule has 1 fully saturated rings. The van der Waals surface area contributed by atoms with Crippen LogP contribution in [0.5, 0.6) is 0 Å². The van der Waals surface area contributed by atoms with Gasteiger partial charge >= 0.3 is 6.18 Å². The summed E-state index contributed by atoms with van der Waals surface area (Å²) in [6.45, 7) is -0.274. The van der Waals surface area contributed by atoms with Crippen LogP contribution in [0.15, 0.2) is 24.7 Å². The van der Waals surface area contributed by atoms with E-state index in [1.807, 2.05) is 11.0 Å². The molecule has 28 heavy (non-hydrogen) atoms. The smallest absolute Gasteiger partial charge is 0.354 e. The van der Waals surface area contributed by atoms with Crippen molar-refractivity contribution in [3.63, 3.8) is 0 Å². The Morgan fingerprint density at radius 3 is 3.00 bits per heavy atom. The summed E-state index contributed by atoms with van der Waals surface area (Å²) >= 11 is 0. The van der Waals surface area contributed by atoms with Crippen LogP contribution in [0.25, 0.3) is 21.8 Å². The van der Waals surface area contributed by atoms with Gasteiger partial charge in [0.25, 0.3) is 0 Å². The molecule has 1 saturated heterocycles. The molecule has 0 spiro atoms. The van der Waals surface area contributed by atoms with E-state index in [1.165, 1.54) is 7.05 Å². The third kappa shape index (κ3) is 3.46.